The number of aromatic amines is 1. The van der Waals surface area contributed by atoms with E-state index in [0.29, 0.717) is 16.7 Å². The van der Waals surface area contributed by atoms with Crippen LogP contribution in [-0.4, -0.2) is 17.4 Å². The minimum atomic E-state index is -0.325. The fraction of sp³-hybridized carbons (Fsp3) is 0.333. The van der Waals surface area contributed by atoms with Crippen molar-refractivity contribution in [1.82, 2.24) is 4.98 Å². The third-order valence-electron chi connectivity index (χ3n) is 4.41. The lowest BCUT2D eigenvalue weighted by atomic mass is 9.96. The maximum Gasteiger partial charge on any atom is 0.272 e. The Balaban J connectivity index is 1.81. The molecule has 126 valence electrons. The van der Waals surface area contributed by atoms with Crippen molar-refractivity contribution in [3.8, 4) is 0 Å². The van der Waals surface area contributed by atoms with Crippen LogP contribution in [0, 0.1) is 5.82 Å². The van der Waals surface area contributed by atoms with Crippen molar-refractivity contribution in [3.63, 3.8) is 0 Å². The first-order valence-corrected chi connectivity index (χ1v) is 8.72. The number of pyridine rings is 1. The molecule has 0 bridgehead atoms. The molecule has 1 amide bonds. The quantitative estimate of drug-likeness (QED) is 0.864. The van der Waals surface area contributed by atoms with Crippen molar-refractivity contribution in [2.45, 2.75) is 32.1 Å². The standard InChI is InChI=1S/C18H18BrFN2O2/c1-11(13-4-5-15(20)14(19)10-13)9-16(23)22-8-2-3-12-6-7-21-18(24)17(12)22/h4-7,10-11H,2-3,8-9H2,1H3,(H,21,24). The molecule has 0 spiro atoms. The predicted molar refractivity (Wildman–Crippen MR) is 94.9 cm³/mol. The first-order chi connectivity index (χ1) is 11.5. The van der Waals surface area contributed by atoms with E-state index in [2.05, 4.69) is 20.9 Å². The van der Waals surface area contributed by atoms with E-state index in [1.54, 1.807) is 23.2 Å². The molecule has 0 saturated carbocycles. The van der Waals surface area contributed by atoms with Gasteiger partial charge in [0.1, 0.15) is 11.5 Å². The number of halogens is 2. The van der Waals surface area contributed by atoms with Crippen LogP contribution in [0.5, 0.6) is 0 Å². The third kappa shape index (κ3) is 3.29. The van der Waals surface area contributed by atoms with E-state index in [-0.39, 0.29) is 29.6 Å². The second kappa shape index (κ2) is 6.89. The number of hydrogen-bond acceptors (Lipinski definition) is 2. The van der Waals surface area contributed by atoms with E-state index in [1.165, 1.54) is 6.07 Å². The van der Waals surface area contributed by atoms with E-state index in [9.17, 15) is 14.0 Å². The van der Waals surface area contributed by atoms with Crippen LogP contribution in [0.1, 0.15) is 36.8 Å². The lowest BCUT2D eigenvalue weighted by molar-refractivity contribution is -0.119. The number of rotatable bonds is 3. The summed E-state index contributed by atoms with van der Waals surface area (Å²) in [5.41, 5.74) is 2.05. The summed E-state index contributed by atoms with van der Waals surface area (Å²) in [5.74, 6) is -0.475. The average molecular weight is 393 g/mol. The zero-order valence-electron chi connectivity index (χ0n) is 13.3. The van der Waals surface area contributed by atoms with Crippen LogP contribution in [0.4, 0.5) is 10.1 Å². The number of aryl methyl sites for hydroxylation is 1. The number of nitrogens with zero attached hydrogens (tertiary/aromatic N) is 1. The van der Waals surface area contributed by atoms with Crippen LogP contribution >= 0.6 is 15.9 Å². The molecular weight excluding hydrogens is 375 g/mol. The number of aromatic nitrogens is 1. The lowest BCUT2D eigenvalue weighted by Gasteiger charge is -2.29. The number of nitrogens with one attached hydrogen (secondary N) is 1. The Labute approximate surface area is 147 Å². The Kier molecular flexibility index (Phi) is 4.85. The van der Waals surface area contributed by atoms with Crippen molar-refractivity contribution in [2.24, 2.45) is 0 Å². The zero-order valence-corrected chi connectivity index (χ0v) is 14.9. The molecule has 4 nitrogen and oxygen atoms in total. The zero-order chi connectivity index (χ0) is 17.3. The van der Waals surface area contributed by atoms with Gasteiger partial charge in [-0.1, -0.05) is 13.0 Å². The van der Waals surface area contributed by atoms with Gasteiger partial charge in [-0.25, -0.2) is 4.39 Å². The molecule has 0 saturated heterocycles. The predicted octanol–water partition coefficient (Wildman–Crippen LogP) is 3.75. The molecule has 0 aliphatic carbocycles. The number of hydrogen-bond donors (Lipinski definition) is 1. The fourth-order valence-corrected chi connectivity index (χ4v) is 3.50. The van der Waals surface area contributed by atoms with Crippen molar-refractivity contribution in [2.75, 3.05) is 11.4 Å². The Morgan fingerprint density at radius 2 is 2.21 bits per heavy atom. The number of carbonyl (C=O) groups is 1. The van der Waals surface area contributed by atoms with Gasteiger partial charge in [-0.15, -0.1) is 0 Å². The molecule has 1 N–H and O–H groups in total. The Hall–Kier alpha value is -1.95. The van der Waals surface area contributed by atoms with Gasteiger partial charge in [-0.2, -0.15) is 0 Å². The van der Waals surface area contributed by atoms with Crippen LogP contribution in [-0.2, 0) is 11.2 Å². The summed E-state index contributed by atoms with van der Waals surface area (Å²) in [4.78, 5) is 29.1. The summed E-state index contributed by atoms with van der Waals surface area (Å²) in [6.07, 6.45) is 3.54. The van der Waals surface area contributed by atoms with Crippen LogP contribution in [0.15, 0.2) is 39.7 Å². The molecule has 24 heavy (non-hydrogen) atoms. The molecule has 3 rings (SSSR count). The molecule has 2 aromatic rings. The van der Waals surface area contributed by atoms with Crippen molar-refractivity contribution in [1.29, 1.82) is 0 Å². The molecule has 0 radical (unpaired) electrons. The van der Waals surface area contributed by atoms with Gasteiger partial charge in [-0.05, 0) is 64.0 Å². The van der Waals surface area contributed by atoms with Crippen LogP contribution in [0.2, 0.25) is 0 Å². The summed E-state index contributed by atoms with van der Waals surface area (Å²) in [7, 11) is 0. The van der Waals surface area contributed by atoms with Crippen LogP contribution < -0.4 is 10.5 Å². The van der Waals surface area contributed by atoms with Gasteiger partial charge in [0.15, 0.2) is 0 Å². The lowest BCUT2D eigenvalue weighted by Crippen LogP contribution is -2.40. The smallest absolute Gasteiger partial charge is 0.272 e. The minimum Gasteiger partial charge on any atom is -0.327 e. The first kappa shape index (κ1) is 16.9. The van der Waals surface area contributed by atoms with E-state index < -0.39 is 0 Å². The number of carbonyl (C=O) groups excluding carboxylic acids is 1. The summed E-state index contributed by atoms with van der Waals surface area (Å²) in [6.45, 7) is 2.48. The average Bonchev–Trinajstić information content (AvgIpc) is 2.57. The summed E-state index contributed by atoms with van der Waals surface area (Å²) >= 11 is 3.17. The second-order valence-corrected chi connectivity index (χ2v) is 6.96. The van der Waals surface area contributed by atoms with E-state index in [0.717, 1.165) is 24.0 Å². The molecule has 6 heteroatoms. The normalized spacial score (nSPS) is 15.0. The monoisotopic (exact) mass is 392 g/mol. The van der Waals surface area contributed by atoms with Crippen LogP contribution in [0.3, 0.4) is 0 Å². The van der Waals surface area contributed by atoms with Crippen molar-refractivity contribution in [3.05, 3.63) is 62.2 Å². The van der Waals surface area contributed by atoms with Gasteiger partial charge in [0, 0.05) is 19.2 Å². The summed E-state index contributed by atoms with van der Waals surface area (Å²) < 4.78 is 13.8. The Bertz CT molecular complexity index is 834. The second-order valence-electron chi connectivity index (χ2n) is 6.11. The number of amides is 1. The Morgan fingerprint density at radius 1 is 1.42 bits per heavy atom. The molecule has 1 aromatic heterocycles. The van der Waals surface area contributed by atoms with Crippen molar-refractivity contribution >= 4 is 27.5 Å². The van der Waals surface area contributed by atoms with Gasteiger partial charge < -0.3 is 9.88 Å². The van der Waals surface area contributed by atoms with E-state index in [1.807, 2.05) is 13.0 Å². The highest BCUT2D eigenvalue weighted by molar-refractivity contribution is 9.10. The summed E-state index contributed by atoms with van der Waals surface area (Å²) in [6, 6.07) is 6.64. The fourth-order valence-electron chi connectivity index (χ4n) is 3.11. The van der Waals surface area contributed by atoms with Gasteiger partial charge in [0.25, 0.3) is 5.56 Å². The maximum absolute atomic E-state index is 13.4. The summed E-state index contributed by atoms with van der Waals surface area (Å²) in [5, 5.41) is 0. The number of anilines is 1. The number of benzene rings is 1. The molecule has 2 heterocycles. The molecular formula is C18H18BrFN2O2. The van der Waals surface area contributed by atoms with E-state index >= 15 is 0 Å². The highest BCUT2D eigenvalue weighted by Gasteiger charge is 2.26. The van der Waals surface area contributed by atoms with E-state index in [4.69, 9.17) is 0 Å². The number of fused-ring (bicyclic) bond motifs is 1. The van der Waals surface area contributed by atoms with Crippen molar-refractivity contribution < 1.29 is 9.18 Å². The number of H-pyrrole nitrogens is 1. The van der Waals surface area contributed by atoms with Gasteiger partial charge in [-0.3, -0.25) is 9.59 Å². The maximum atomic E-state index is 13.4. The molecule has 0 fully saturated rings. The first-order valence-electron chi connectivity index (χ1n) is 7.93. The highest BCUT2D eigenvalue weighted by Crippen LogP contribution is 2.28. The molecule has 1 aliphatic rings. The van der Waals surface area contributed by atoms with Gasteiger partial charge in [0.05, 0.1) is 4.47 Å². The van der Waals surface area contributed by atoms with Gasteiger partial charge >= 0.3 is 0 Å². The Morgan fingerprint density at radius 3 is 2.96 bits per heavy atom. The SMILES string of the molecule is CC(CC(=O)N1CCCc2cc[nH]c(=O)c21)c1ccc(F)c(Br)c1. The van der Waals surface area contributed by atoms with Gasteiger partial charge in [0.2, 0.25) is 5.91 Å². The van der Waals surface area contributed by atoms with Crippen LogP contribution in [0.25, 0.3) is 0 Å². The highest BCUT2D eigenvalue weighted by atomic mass is 79.9. The molecule has 1 aromatic carbocycles. The molecule has 1 atom stereocenters. The topological polar surface area (TPSA) is 53.2 Å². The molecule has 1 unspecified atom stereocenters. The third-order valence-corrected chi connectivity index (χ3v) is 5.02. The minimum absolute atomic E-state index is 0.0671. The molecule has 1 aliphatic heterocycles. The largest absolute Gasteiger partial charge is 0.327 e.